The second-order valence-corrected chi connectivity index (χ2v) is 23.1. The average molecular weight is 556 g/mol. The Morgan fingerprint density at radius 1 is 0.848 bits per heavy atom. The molecule has 1 atom stereocenters. The molecule has 0 aliphatic carbocycles. The Hall–Kier alpha value is -1.49. The summed E-state index contributed by atoms with van der Waals surface area (Å²) in [6, 6.07) is 18.7. The van der Waals surface area contributed by atoms with Crippen LogP contribution in [0.3, 0.4) is 0 Å². The number of rotatable bonds is 15. The van der Waals surface area contributed by atoms with E-state index in [1.165, 1.54) is 74.9 Å². The zero-order valence-corrected chi connectivity index (χ0v) is 24.4. The quantitative estimate of drug-likeness (QED) is 0.143. The SMILES string of the molecule is CCC[CH2][Sn]([CH2]CCC)([CH2]CCc1ccc(C(C)CC)cc1)[c]1cccc(CN=C(N)N)c1. The summed E-state index contributed by atoms with van der Waals surface area (Å²) < 4.78 is 6.04. The van der Waals surface area contributed by atoms with Crippen LogP contribution in [0.25, 0.3) is 0 Å². The molecule has 2 aromatic rings. The van der Waals surface area contributed by atoms with Gasteiger partial charge in [0, 0.05) is 0 Å². The van der Waals surface area contributed by atoms with Crippen molar-refractivity contribution in [3.8, 4) is 0 Å². The van der Waals surface area contributed by atoms with Crippen LogP contribution in [-0.4, -0.2) is 24.3 Å². The van der Waals surface area contributed by atoms with E-state index < -0.39 is 18.4 Å². The molecule has 1 unspecified atom stereocenters. The monoisotopic (exact) mass is 557 g/mol. The number of aliphatic imine (C=N–C) groups is 1. The van der Waals surface area contributed by atoms with Crippen LogP contribution in [0.5, 0.6) is 0 Å². The summed E-state index contributed by atoms with van der Waals surface area (Å²) in [6.07, 6.45) is 9.01. The minimum absolute atomic E-state index is 0.173. The molecule has 0 saturated heterocycles. The molecular weight excluding hydrogens is 509 g/mol. The third-order valence-corrected chi connectivity index (χ3v) is 22.9. The van der Waals surface area contributed by atoms with E-state index in [4.69, 9.17) is 11.5 Å². The molecule has 0 saturated carbocycles. The van der Waals surface area contributed by atoms with E-state index >= 15 is 0 Å². The molecule has 0 aliphatic rings. The van der Waals surface area contributed by atoms with Gasteiger partial charge in [0.25, 0.3) is 0 Å². The third-order valence-electron chi connectivity index (χ3n) is 7.28. The van der Waals surface area contributed by atoms with E-state index in [1.54, 1.807) is 3.58 Å². The topological polar surface area (TPSA) is 64.4 Å². The first-order valence-corrected chi connectivity index (χ1v) is 20.7. The van der Waals surface area contributed by atoms with Crippen LogP contribution in [0.4, 0.5) is 0 Å². The van der Waals surface area contributed by atoms with Crippen molar-refractivity contribution >= 4 is 27.9 Å². The van der Waals surface area contributed by atoms with Gasteiger partial charge in [-0.05, 0) is 0 Å². The summed E-state index contributed by atoms with van der Waals surface area (Å²) in [7, 11) is 0. The van der Waals surface area contributed by atoms with Crippen molar-refractivity contribution in [2.75, 3.05) is 0 Å². The van der Waals surface area contributed by atoms with Gasteiger partial charge in [0.2, 0.25) is 0 Å². The van der Waals surface area contributed by atoms with Gasteiger partial charge in [-0.2, -0.15) is 0 Å². The van der Waals surface area contributed by atoms with Crippen molar-refractivity contribution in [3.63, 3.8) is 0 Å². The Morgan fingerprint density at radius 3 is 2.06 bits per heavy atom. The number of nitrogens with two attached hydrogens (primary N) is 2. The number of hydrogen-bond donors (Lipinski definition) is 2. The molecule has 33 heavy (non-hydrogen) atoms. The standard InChI is InChI=1S/C13H19.C8H10N3.2C4H9.Sn/c1-4-6-12-7-9-13(10-8-12)11(3)5-2;9-8(10)11-6-7-4-2-1-3-5-7;2*1-3-4-2;/h7-11H,1,4-6H2,2-3H3;1-2,4-5H,6H2,(H4,9,10,11);2*1,3-4H2,2H3;. The van der Waals surface area contributed by atoms with Crippen LogP contribution >= 0.6 is 0 Å². The van der Waals surface area contributed by atoms with Gasteiger partial charge in [-0.3, -0.25) is 0 Å². The van der Waals surface area contributed by atoms with Crippen LogP contribution < -0.4 is 15.0 Å². The number of nitrogens with zero attached hydrogens (tertiary/aromatic N) is 1. The fourth-order valence-corrected chi connectivity index (χ4v) is 20.5. The van der Waals surface area contributed by atoms with Crippen LogP contribution in [0.1, 0.15) is 88.8 Å². The van der Waals surface area contributed by atoms with Crippen LogP contribution in [0, 0.1) is 0 Å². The molecule has 0 spiro atoms. The van der Waals surface area contributed by atoms with Crippen LogP contribution in [0.15, 0.2) is 53.5 Å². The van der Waals surface area contributed by atoms with E-state index in [-0.39, 0.29) is 5.96 Å². The van der Waals surface area contributed by atoms with Gasteiger partial charge < -0.3 is 0 Å². The Balaban J connectivity index is 2.22. The first-order valence-electron chi connectivity index (χ1n) is 13.2. The molecule has 0 radical (unpaired) electrons. The fraction of sp³-hybridized carbons (Fsp3) is 0.552. The van der Waals surface area contributed by atoms with Crippen molar-refractivity contribution in [2.24, 2.45) is 16.5 Å². The first kappa shape index (κ1) is 27.8. The molecule has 0 bridgehead atoms. The average Bonchev–Trinajstić information content (AvgIpc) is 2.84. The molecule has 0 aliphatic heterocycles. The normalized spacial score (nSPS) is 12.5. The summed E-state index contributed by atoms with van der Waals surface area (Å²) in [5, 5.41) is 0. The Kier molecular flexibility index (Phi) is 12.4. The number of benzene rings is 2. The zero-order chi connectivity index (χ0) is 24.1. The molecule has 3 nitrogen and oxygen atoms in total. The predicted molar refractivity (Wildman–Crippen MR) is 149 cm³/mol. The molecule has 0 amide bonds. The Labute approximate surface area is 207 Å². The van der Waals surface area contributed by atoms with E-state index in [9.17, 15) is 0 Å². The van der Waals surface area contributed by atoms with E-state index in [1.807, 2.05) is 0 Å². The molecule has 0 heterocycles. The number of guanidine groups is 1. The molecule has 4 N–H and O–H groups in total. The third kappa shape index (κ3) is 8.99. The maximum absolute atomic E-state index is 5.59. The second kappa shape index (κ2) is 14.7. The Morgan fingerprint density at radius 2 is 1.48 bits per heavy atom. The molecule has 2 rings (SSSR count). The molecule has 4 heteroatoms. The number of hydrogen-bond acceptors (Lipinski definition) is 1. The Bertz CT molecular complexity index is 832. The van der Waals surface area contributed by atoms with Gasteiger partial charge in [-0.1, -0.05) is 0 Å². The van der Waals surface area contributed by atoms with E-state index in [0.29, 0.717) is 12.5 Å². The first-order chi connectivity index (χ1) is 15.9. The predicted octanol–water partition coefficient (Wildman–Crippen LogP) is 6.86. The van der Waals surface area contributed by atoms with E-state index in [2.05, 4.69) is 81.2 Å². The van der Waals surface area contributed by atoms with Crippen molar-refractivity contribution in [1.29, 1.82) is 0 Å². The van der Waals surface area contributed by atoms with Crippen molar-refractivity contribution < 1.29 is 0 Å². The van der Waals surface area contributed by atoms with Gasteiger partial charge in [-0.25, -0.2) is 0 Å². The fourth-order valence-electron chi connectivity index (χ4n) is 4.90. The van der Waals surface area contributed by atoms with Gasteiger partial charge in [0.05, 0.1) is 0 Å². The summed E-state index contributed by atoms with van der Waals surface area (Å²) in [4.78, 5) is 4.27. The molecular formula is C29H47N3Sn. The number of unbranched alkanes of at least 4 members (excludes halogenated alkanes) is 2. The minimum atomic E-state index is -2.54. The summed E-state index contributed by atoms with van der Waals surface area (Å²) in [6.45, 7) is 9.85. The van der Waals surface area contributed by atoms with Crippen molar-refractivity contribution in [2.45, 2.75) is 98.4 Å². The van der Waals surface area contributed by atoms with E-state index in [0.717, 1.165) is 0 Å². The summed E-state index contributed by atoms with van der Waals surface area (Å²) in [5.74, 6) is 0.823. The molecule has 0 aromatic heterocycles. The van der Waals surface area contributed by atoms with Gasteiger partial charge in [0.15, 0.2) is 0 Å². The van der Waals surface area contributed by atoms with Crippen molar-refractivity contribution in [3.05, 3.63) is 65.2 Å². The second-order valence-electron chi connectivity index (χ2n) is 9.83. The van der Waals surface area contributed by atoms with Gasteiger partial charge in [-0.15, -0.1) is 0 Å². The van der Waals surface area contributed by atoms with Crippen LogP contribution in [-0.2, 0) is 13.0 Å². The maximum atomic E-state index is 5.59. The van der Waals surface area contributed by atoms with Crippen molar-refractivity contribution in [1.82, 2.24) is 0 Å². The van der Waals surface area contributed by atoms with Gasteiger partial charge >= 0.3 is 208 Å². The van der Waals surface area contributed by atoms with Gasteiger partial charge in [0.1, 0.15) is 0 Å². The molecule has 182 valence electrons. The molecule has 0 fully saturated rings. The van der Waals surface area contributed by atoms with Crippen LogP contribution in [0.2, 0.25) is 13.3 Å². The summed E-state index contributed by atoms with van der Waals surface area (Å²) >= 11 is -2.54. The number of aryl methyl sites for hydroxylation is 1. The zero-order valence-electron chi connectivity index (χ0n) is 21.6. The summed E-state index contributed by atoms with van der Waals surface area (Å²) in [5.41, 5.74) is 15.4. The molecule has 2 aromatic carbocycles.